The lowest BCUT2D eigenvalue weighted by molar-refractivity contribution is 0.807. The summed E-state index contributed by atoms with van der Waals surface area (Å²) in [6.45, 7) is 4.39. The summed E-state index contributed by atoms with van der Waals surface area (Å²) in [5, 5.41) is 0. The van der Waals surface area contributed by atoms with Crippen LogP contribution in [0.2, 0.25) is 0 Å². The summed E-state index contributed by atoms with van der Waals surface area (Å²) in [6.07, 6.45) is 5.33. The molecule has 1 aromatic heterocycles. The van der Waals surface area contributed by atoms with E-state index in [0.29, 0.717) is 12.4 Å². The van der Waals surface area contributed by atoms with E-state index >= 15 is 0 Å². The third-order valence-corrected chi connectivity index (χ3v) is 3.75. The SMILES string of the molecule is C#CCn1c(C)nc(-c2ccc(C)c(Br)c2)c1N. The summed E-state index contributed by atoms with van der Waals surface area (Å²) < 4.78 is 2.88. The highest BCUT2D eigenvalue weighted by Crippen LogP contribution is 2.29. The lowest BCUT2D eigenvalue weighted by Gasteiger charge is -2.04. The fourth-order valence-electron chi connectivity index (χ4n) is 1.83. The van der Waals surface area contributed by atoms with Crippen molar-refractivity contribution >= 4 is 21.7 Å². The first kappa shape index (κ1) is 12.7. The van der Waals surface area contributed by atoms with Gasteiger partial charge in [0, 0.05) is 10.0 Å². The molecule has 18 heavy (non-hydrogen) atoms. The maximum atomic E-state index is 6.10. The molecule has 0 amide bonds. The molecule has 0 saturated carbocycles. The number of imidazole rings is 1. The van der Waals surface area contributed by atoms with E-state index in [1.807, 2.05) is 36.6 Å². The fraction of sp³-hybridized carbons (Fsp3) is 0.214. The number of benzene rings is 1. The minimum absolute atomic E-state index is 0.442. The summed E-state index contributed by atoms with van der Waals surface area (Å²) >= 11 is 3.52. The molecule has 0 bridgehead atoms. The highest BCUT2D eigenvalue weighted by molar-refractivity contribution is 9.10. The van der Waals surface area contributed by atoms with E-state index in [2.05, 4.69) is 26.8 Å². The Morgan fingerprint density at radius 3 is 2.78 bits per heavy atom. The predicted octanol–water partition coefficient (Wildman–Crippen LogP) is 3.14. The molecule has 0 atom stereocenters. The Morgan fingerprint density at radius 2 is 2.17 bits per heavy atom. The van der Waals surface area contributed by atoms with Crippen molar-refractivity contribution in [3.8, 4) is 23.6 Å². The Balaban J connectivity index is 2.55. The van der Waals surface area contributed by atoms with Gasteiger partial charge in [0.2, 0.25) is 0 Å². The molecule has 0 aliphatic rings. The van der Waals surface area contributed by atoms with Crippen LogP contribution >= 0.6 is 15.9 Å². The molecule has 4 heteroatoms. The number of nitrogens with two attached hydrogens (primary N) is 1. The van der Waals surface area contributed by atoms with E-state index in [9.17, 15) is 0 Å². The van der Waals surface area contributed by atoms with Gasteiger partial charge in [0.1, 0.15) is 17.3 Å². The lowest BCUT2D eigenvalue weighted by atomic mass is 10.1. The zero-order chi connectivity index (χ0) is 13.3. The maximum Gasteiger partial charge on any atom is 0.132 e. The number of aromatic nitrogens is 2. The van der Waals surface area contributed by atoms with Gasteiger partial charge in [-0.15, -0.1) is 6.42 Å². The van der Waals surface area contributed by atoms with E-state index in [-0.39, 0.29) is 0 Å². The Bertz CT molecular complexity index is 635. The van der Waals surface area contributed by atoms with Gasteiger partial charge in [-0.1, -0.05) is 34.0 Å². The Morgan fingerprint density at radius 1 is 1.44 bits per heavy atom. The summed E-state index contributed by atoms with van der Waals surface area (Å²) in [5.74, 6) is 4.03. The number of aryl methyl sites for hydroxylation is 2. The normalized spacial score (nSPS) is 10.3. The number of nitrogens with zero attached hydrogens (tertiary/aromatic N) is 2. The van der Waals surface area contributed by atoms with Crippen LogP contribution in [0.25, 0.3) is 11.3 Å². The molecule has 1 heterocycles. The molecular formula is C14H14BrN3. The molecule has 1 aromatic carbocycles. The number of nitrogen functional groups attached to an aromatic ring is 1. The molecule has 0 fully saturated rings. The average molecular weight is 304 g/mol. The number of terminal acetylenes is 1. The van der Waals surface area contributed by atoms with Gasteiger partial charge in [-0.25, -0.2) is 4.98 Å². The smallest absolute Gasteiger partial charge is 0.132 e. The van der Waals surface area contributed by atoms with Crippen molar-refractivity contribution in [1.82, 2.24) is 9.55 Å². The van der Waals surface area contributed by atoms with Gasteiger partial charge in [0.25, 0.3) is 0 Å². The van der Waals surface area contributed by atoms with Crippen LogP contribution in [0.15, 0.2) is 22.7 Å². The minimum Gasteiger partial charge on any atom is -0.383 e. The zero-order valence-corrected chi connectivity index (χ0v) is 12.0. The number of halogens is 1. The van der Waals surface area contributed by atoms with Crippen molar-refractivity contribution in [1.29, 1.82) is 0 Å². The first-order valence-electron chi connectivity index (χ1n) is 5.57. The molecule has 0 unspecified atom stereocenters. The maximum absolute atomic E-state index is 6.10. The van der Waals surface area contributed by atoms with Gasteiger partial charge in [0.15, 0.2) is 0 Å². The van der Waals surface area contributed by atoms with Crippen LogP contribution in [0.4, 0.5) is 5.82 Å². The van der Waals surface area contributed by atoms with Crippen molar-refractivity contribution in [2.24, 2.45) is 0 Å². The molecule has 0 aliphatic carbocycles. The second-order valence-corrected chi connectivity index (χ2v) is 5.00. The standard InChI is InChI=1S/C14H14BrN3/c1-4-7-18-10(3)17-13(14(18)16)11-6-5-9(2)12(15)8-11/h1,5-6,8H,7,16H2,2-3H3. The van der Waals surface area contributed by atoms with Crippen LogP contribution in [0, 0.1) is 26.2 Å². The molecular weight excluding hydrogens is 290 g/mol. The van der Waals surface area contributed by atoms with E-state index < -0.39 is 0 Å². The molecule has 0 radical (unpaired) electrons. The summed E-state index contributed by atoms with van der Waals surface area (Å²) in [5.41, 5.74) is 9.05. The van der Waals surface area contributed by atoms with Crippen LogP contribution < -0.4 is 5.73 Å². The van der Waals surface area contributed by atoms with Gasteiger partial charge in [-0.05, 0) is 25.5 Å². The third-order valence-electron chi connectivity index (χ3n) is 2.89. The highest BCUT2D eigenvalue weighted by Gasteiger charge is 2.13. The van der Waals surface area contributed by atoms with Gasteiger partial charge < -0.3 is 10.3 Å². The van der Waals surface area contributed by atoms with Gasteiger partial charge in [-0.3, -0.25) is 0 Å². The molecule has 92 valence electrons. The largest absolute Gasteiger partial charge is 0.383 e. The molecule has 0 saturated heterocycles. The Hall–Kier alpha value is -1.73. The van der Waals surface area contributed by atoms with Crippen molar-refractivity contribution in [2.75, 3.05) is 5.73 Å². The molecule has 3 nitrogen and oxygen atoms in total. The first-order valence-corrected chi connectivity index (χ1v) is 6.36. The molecule has 2 aromatic rings. The van der Waals surface area contributed by atoms with Crippen molar-refractivity contribution in [2.45, 2.75) is 20.4 Å². The van der Waals surface area contributed by atoms with Crippen LogP contribution in [0.5, 0.6) is 0 Å². The van der Waals surface area contributed by atoms with Crippen molar-refractivity contribution in [3.63, 3.8) is 0 Å². The minimum atomic E-state index is 0.442. The van der Waals surface area contributed by atoms with Gasteiger partial charge in [0.05, 0.1) is 6.54 Å². The zero-order valence-electron chi connectivity index (χ0n) is 10.4. The summed E-state index contributed by atoms with van der Waals surface area (Å²) in [4.78, 5) is 4.49. The number of hydrogen-bond acceptors (Lipinski definition) is 2. The van der Waals surface area contributed by atoms with Crippen LogP contribution in [-0.2, 0) is 6.54 Å². The second-order valence-electron chi connectivity index (χ2n) is 4.15. The second kappa shape index (κ2) is 4.87. The summed E-state index contributed by atoms with van der Waals surface area (Å²) in [7, 11) is 0. The highest BCUT2D eigenvalue weighted by atomic mass is 79.9. The Kier molecular flexibility index (Phi) is 3.44. The fourth-order valence-corrected chi connectivity index (χ4v) is 2.20. The van der Waals surface area contributed by atoms with E-state index in [1.165, 1.54) is 5.56 Å². The van der Waals surface area contributed by atoms with Gasteiger partial charge >= 0.3 is 0 Å². The first-order chi connectivity index (χ1) is 8.54. The molecule has 0 aliphatic heterocycles. The van der Waals surface area contributed by atoms with E-state index in [0.717, 1.165) is 21.6 Å². The molecule has 0 spiro atoms. The van der Waals surface area contributed by atoms with Crippen molar-refractivity contribution < 1.29 is 0 Å². The van der Waals surface area contributed by atoms with E-state index in [1.54, 1.807) is 0 Å². The van der Waals surface area contributed by atoms with Crippen LogP contribution in [0.3, 0.4) is 0 Å². The van der Waals surface area contributed by atoms with E-state index in [4.69, 9.17) is 12.2 Å². The van der Waals surface area contributed by atoms with Crippen LogP contribution in [0.1, 0.15) is 11.4 Å². The number of rotatable bonds is 2. The topological polar surface area (TPSA) is 43.8 Å². The molecule has 2 rings (SSSR count). The monoisotopic (exact) mass is 303 g/mol. The lowest BCUT2D eigenvalue weighted by Crippen LogP contribution is -2.03. The number of hydrogen-bond donors (Lipinski definition) is 1. The third kappa shape index (κ3) is 2.14. The quantitative estimate of drug-likeness (QED) is 0.866. The van der Waals surface area contributed by atoms with Crippen LogP contribution in [-0.4, -0.2) is 9.55 Å². The predicted molar refractivity (Wildman–Crippen MR) is 78.1 cm³/mol. The van der Waals surface area contributed by atoms with Gasteiger partial charge in [-0.2, -0.15) is 0 Å². The number of anilines is 1. The molecule has 2 N–H and O–H groups in total. The van der Waals surface area contributed by atoms with Crippen molar-refractivity contribution in [3.05, 3.63) is 34.1 Å². The summed E-state index contributed by atoms with van der Waals surface area (Å²) in [6, 6.07) is 6.07. The Labute approximate surface area is 115 Å². The average Bonchev–Trinajstić information content (AvgIpc) is 2.61.